The second kappa shape index (κ2) is 40.6. The van der Waals surface area contributed by atoms with E-state index in [-0.39, 0.29) is 18.1 Å². The van der Waals surface area contributed by atoms with Gasteiger partial charge in [-0.25, -0.2) is 0 Å². The lowest BCUT2D eigenvalue weighted by atomic mass is 10.1. The molecule has 8 heteroatoms. The molecule has 0 radical (unpaired) electrons. The standard InChI is InChI=1S/C29H53NO3Si.C15H30O2S/c1-6-9-11-13-16-22-29(33-34(4,5)28-8-3)32-27-21-15-14-18-24-30(25-19-20-26-31)23-17-12-10-7-2;1-3-5-7-8-9-10-12-14(15(16)17)18-13-11-6-4-2/h7,10,12,14-15,17-18,23-24,29,31H,2,6,8-9,11,13,16,19-22,25-28H2,1,3-5H3;14H,3-13H2,1-2H3,(H,16,17). The molecule has 0 rings (SSSR count). The summed E-state index contributed by atoms with van der Waals surface area (Å²) in [5.74, 6) is 0.380. The molecule has 304 valence electrons. The first kappa shape index (κ1) is 52.5. The number of hydrogen-bond donors (Lipinski definition) is 2. The van der Waals surface area contributed by atoms with Gasteiger partial charge in [-0.15, -0.1) is 11.8 Å². The van der Waals surface area contributed by atoms with E-state index in [2.05, 4.69) is 76.7 Å². The van der Waals surface area contributed by atoms with Gasteiger partial charge in [0, 0.05) is 25.6 Å². The number of carbonyl (C=O) groups is 1. The molecular weight excluding hydrogens is 683 g/mol. The van der Waals surface area contributed by atoms with E-state index in [4.69, 9.17) is 19.4 Å². The lowest BCUT2D eigenvalue weighted by Gasteiger charge is -2.29. The number of aliphatic carboxylic acids is 1. The minimum atomic E-state index is -1.66. The SMILES string of the molecule is C=CC=CC=CN(C=CC=CCCOC(CCCCCCC)O[Si](C)(C)CCC)CCCCO.CCCCCCCCC(SCCCCC)C(=O)O. The highest BCUT2D eigenvalue weighted by atomic mass is 32.2. The molecule has 6 nitrogen and oxygen atoms in total. The number of aliphatic hydroxyl groups is 1. The summed E-state index contributed by atoms with van der Waals surface area (Å²) in [4.78, 5) is 13.2. The van der Waals surface area contributed by atoms with Crippen molar-refractivity contribution in [1.82, 2.24) is 4.90 Å². The zero-order chi connectivity index (χ0) is 39.0. The molecule has 0 aliphatic heterocycles. The molecular formula is C44H83NO5SSi. The minimum absolute atomic E-state index is 0.0606. The number of aliphatic hydroxyl groups excluding tert-OH is 1. The van der Waals surface area contributed by atoms with Gasteiger partial charge in [-0.1, -0.05) is 148 Å². The van der Waals surface area contributed by atoms with Crippen molar-refractivity contribution in [2.75, 3.05) is 25.5 Å². The molecule has 0 bridgehead atoms. The number of carboxylic acid groups (broad SMARTS) is 1. The fraction of sp³-hybridized carbons (Fsp3) is 0.750. The quantitative estimate of drug-likeness (QED) is 0.0284. The molecule has 0 aromatic rings. The summed E-state index contributed by atoms with van der Waals surface area (Å²) < 4.78 is 12.7. The van der Waals surface area contributed by atoms with Crippen LogP contribution in [0.3, 0.4) is 0 Å². The van der Waals surface area contributed by atoms with Crippen LogP contribution in [0.2, 0.25) is 19.1 Å². The fourth-order valence-electron chi connectivity index (χ4n) is 5.58. The summed E-state index contributed by atoms with van der Waals surface area (Å²) in [6, 6.07) is 1.18. The molecule has 0 saturated heterocycles. The van der Waals surface area contributed by atoms with Crippen molar-refractivity contribution in [3.8, 4) is 0 Å². The van der Waals surface area contributed by atoms with Crippen LogP contribution in [-0.4, -0.2) is 66.5 Å². The number of rotatable bonds is 36. The maximum absolute atomic E-state index is 11.1. The Morgan fingerprint density at radius 2 is 1.35 bits per heavy atom. The summed E-state index contributed by atoms with van der Waals surface area (Å²) >= 11 is 1.64. The van der Waals surface area contributed by atoms with Gasteiger partial charge in [0.05, 0.1) is 6.61 Å². The first-order valence-corrected chi connectivity index (χ1v) is 25.2. The molecule has 2 N–H and O–H groups in total. The maximum atomic E-state index is 11.1. The second-order valence-electron chi connectivity index (χ2n) is 14.3. The van der Waals surface area contributed by atoms with Gasteiger partial charge in [-0.05, 0) is 82.0 Å². The number of carboxylic acids is 1. The van der Waals surface area contributed by atoms with Gasteiger partial charge in [-0.2, -0.15) is 0 Å². The molecule has 2 atom stereocenters. The Labute approximate surface area is 327 Å². The normalized spacial score (nSPS) is 13.3. The zero-order valence-electron chi connectivity index (χ0n) is 34.7. The van der Waals surface area contributed by atoms with E-state index < -0.39 is 14.3 Å². The highest BCUT2D eigenvalue weighted by molar-refractivity contribution is 8.00. The number of ether oxygens (including phenoxy) is 1. The third-order valence-electron chi connectivity index (χ3n) is 8.58. The predicted octanol–water partition coefficient (Wildman–Crippen LogP) is 13.2. The number of hydrogen-bond acceptors (Lipinski definition) is 6. The van der Waals surface area contributed by atoms with Crippen LogP contribution < -0.4 is 0 Å². The highest BCUT2D eigenvalue weighted by Gasteiger charge is 2.26. The van der Waals surface area contributed by atoms with E-state index in [1.807, 2.05) is 24.4 Å². The van der Waals surface area contributed by atoms with E-state index in [1.165, 1.54) is 89.5 Å². The van der Waals surface area contributed by atoms with Gasteiger partial charge in [0.25, 0.3) is 0 Å². The average Bonchev–Trinajstić information content (AvgIpc) is 3.11. The Kier molecular flexibility index (Phi) is 41.0. The summed E-state index contributed by atoms with van der Waals surface area (Å²) in [5, 5.41) is 18.0. The van der Waals surface area contributed by atoms with Crippen molar-refractivity contribution in [2.24, 2.45) is 0 Å². The van der Waals surface area contributed by atoms with Gasteiger partial charge in [0.1, 0.15) is 11.5 Å². The Hall–Kier alpha value is -1.58. The number of unbranched alkanes of at least 4 members (excludes halogenated alkanes) is 12. The molecule has 0 aliphatic carbocycles. The van der Waals surface area contributed by atoms with Gasteiger partial charge in [0.2, 0.25) is 0 Å². The molecule has 0 saturated carbocycles. The van der Waals surface area contributed by atoms with Crippen LogP contribution in [0.15, 0.2) is 61.5 Å². The van der Waals surface area contributed by atoms with Crippen molar-refractivity contribution >= 4 is 26.0 Å². The third-order valence-corrected chi connectivity index (χ3v) is 12.6. The van der Waals surface area contributed by atoms with Crippen LogP contribution in [0.4, 0.5) is 0 Å². The van der Waals surface area contributed by atoms with E-state index in [1.54, 1.807) is 17.8 Å². The van der Waals surface area contributed by atoms with Crippen molar-refractivity contribution in [3.05, 3.63) is 61.5 Å². The first-order valence-electron chi connectivity index (χ1n) is 21.0. The molecule has 0 aromatic carbocycles. The maximum Gasteiger partial charge on any atom is 0.316 e. The Morgan fingerprint density at radius 1 is 0.750 bits per heavy atom. The van der Waals surface area contributed by atoms with Crippen molar-refractivity contribution < 1.29 is 24.2 Å². The van der Waals surface area contributed by atoms with Crippen LogP contribution in [0, 0.1) is 0 Å². The van der Waals surface area contributed by atoms with Crippen molar-refractivity contribution in [1.29, 1.82) is 0 Å². The van der Waals surface area contributed by atoms with E-state index in [0.717, 1.165) is 57.2 Å². The smallest absolute Gasteiger partial charge is 0.316 e. The van der Waals surface area contributed by atoms with E-state index in [9.17, 15) is 4.79 Å². The van der Waals surface area contributed by atoms with Crippen LogP contribution >= 0.6 is 11.8 Å². The number of nitrogens with zero attached hydrogens (tertiary/aromatic N) is 1. The average molecular weight is 766 g/mol. The highest BCUT2D eigenvalue weighted by Crippen LogP contribution is 2.22. The Balaban J connectivity index is 0. The Bertz CT molecular complexity index is 907. The molecule has 52 heavy (non-hydrogen) atoms. The molecule has 0 heterocycles. The van der Waals surface area contributed by atoms with Crippen molar-refractivity contribution in [3.63, 3.8) is 0 Å². The van der Waals surface area contributed by atoms with Crippen molar-refractivity contribution in [2.45, 2.75) is 187 Å². The molecule has 0 aliphatic rings. The van der Waals surface area contributed by atoms with Crippen LogP contribution in [-0.2, 0) is 14.0 Å². The predicted molar refractivity (Wildman–Crippen MR) is 233 cm³/mol. The van der Waals surface area contributed by atoms with Crippen LogP contribution in [0.1, 0.15) is 156 Å². The van der Waals surface area contributed by atoms with Crippen LogP contribution in [0.25, 0.3) is 0 Å². The largest absolute Gasteiger partial charge is 0.480 e. The minimum Gasteiger partial charge on any atom is -0.480 e. The Morgan fingerprint density at radius 3 is 1.94 bits per heavy atom. The van der Waals surface area contributed by atoms with Crippen LogP contribution in [0.5, 0.6) is 0 Å². The number of allylic oxidation sites excluding steroid dienone is 6. The van der Waals surface area contributed by atoms with Gasteiger partial charge < -0.3 is 24.3 Å². The molecule has 2 unspecified atom stereocenters. The molecule has 0 spiro atoms. The third kappa shape index (κ3) is 38.2. The zero-order valence-corrected chi connectivity index (χ0v) is 36.5. The molecule has 0 fully saturated rings. The second-order valence-corrected chi connectivity index (χ2v) is 19.8. The first-order chi connectivity index (χ1) is 25.2. The van der Waals surface area contributed by atoms with Gasteiger partial charge in [-0.3, -0.25) is 4.79 Å². The summed E-state index contributed by atoms with van der Waals surface area (Å²) in [6.07, 6.45) is 40.9. The summed E-state index contributed by atoms with van der Waals surface area (Å²) in [6.45, 7) is 19.0. The van der Waals surface area contributed by atoms with E-state index >= 15 is 0 Å². The molecule has 0 amide bonds. The lowest BCUT2D eigenvalue weighted by molar-refractivity contribution is -0.136. The summed E-state index contributed by atoms with van der Waals surface area (Å²) in [5.41, 5.74) is 0. The van der Waals surface area contributed by atoms with Gasteiger partial charge in [0.15, 0.2) is 8.32 Å². The summed E-state index contributed by atoms with van der Waals surface area (Å²) in [7, 11) is -1.66. The number of thioether (sulfide) groups is 1. The van der Waals surface area contributed by atoms with E-state index in [0.29, 0.717) is 6.61 Å². The fourth-order valence-corrected chi connectivity index (χ4v) is 8.93. The monoisotopic (exact) mass is 766 g/mol. The van der Waals surface area contributed by atoms with Gasteiger partial charge >= 0.3 is 5.97 Å². The lowest BCUT2D eigenvalue weighted by Crippen LogP contribution is -2.36. The topological polar surface area (TPSA) is 79.2 Å². The molecule has 0 aromatic heterocycles.